The molecule has 0 fully saturated rings. The van der Waals surface area contributed by atoms with E-state index in [1.807, 2.05) is 42.5 Å². The molecule has 2 N–H and O–H groups in total. The molecule has 2 aromatic rings. The fourth-order valence-electron chi connectivity index (χ4n) is 2.16. The Hall–Kier alpha value is -2.57. The molecule has 3 heteroatoms. The number of hydrogen-bond acceptors (Lipinski definition) is 2. The van der Waals surface area contributed by atoms with E-state index in [1.165, 1.54) is 0 Å². The van der Waals surface area contributed by atoms with Gasteiger partial charge in [-0.2, -0.15) is 0 Å². The standard InChI is InChI=1S/C16H12N2O/c17-11-18-15-8-4-2-6-13(15)10-9-12-5-1-3-7-14(12)16(18)19/h1-8H,11,17H2. The lowest BCUT2D eigenvalue weighted by Crippen LogP contribution is -2.37. The van der Waals surface area contributed by atoms with Gasteiger partial charge in [-0.15, -0.1) is 0 Å². The van der Waals surface area contributed by atoms with Gasteiger partial charge in [-0.05, 0) is 24.3 Å². The number of benzene rings is 2. The highest BCUT2D eigenvalue weighted by Crippen LogP contribution is 2.24. The van der Waals surface area contributed by atoms with Crippen molar-refractivity contribution >= 4 is 11.6 Å². The Morgan fingerprint density at radius 1 is 0.947 bits per heavy atom. The van der Waals surface area contributed by atoms with Crippen LogP contribution in [0.2, 0.25) is 0 Å². The molecule has 1 heterocycles. The minimum absolute atomic E-state index is 0.112. The van der Waals surface area contributed by atoms with Crippen molar-refractivity contribution in [3.63, 3.8) is 0 Å². The molecule has 1 aliphatic rings. The predicted octanol–water partition coefficient (Wildman–Crippen LogP) is 1.96. The summed E-state index contributed by atoms with van der Waals surface area (Å²) in [4.78, 5) is 14.1. The summed E-state index contributed by atoms with van der Waals surface area (Å²) in [6.07, 6.45) is 0. The molecule has 3 rings (SSSR count). The minimum atomic E-state index is -0.112. The molecule has 92 valence electrons. The quantitative estimate of drug-likeness (QED) is 0.784. The second-order valence-corrected chi connectivity index (χ2v) is 4.23. The first-order valence-electron chi connectivity index (χ1n) is 6.03. The fraction of sp³-hybridized carbons (Fsp3) is 0.0625. The normalized spacial score (nSPS) is 12.7. The number of carbonyl (C=O) groups is 1. The first kappa shape index (κ1) is 11.5. The Morgan fingerprint density at radius 2 is 1.58 bits per heavy atom. The molecule has 19 heavy (non-hydrogen) atoms. The van der Waals surface area contributed by atoms with Crippen molar-refractivity contribution in [3.8, 4) is 11.8 Å². The summed E-state index contributed by atoms with van der Waals surface area (Å²) in [7, 11) is 0. The molecular weight excluding hydrogens is 236 g/mol. The predicted molar refractivity (Wildman–Crippen MR) is 74.7 cm³/mol. The smallest absolute Gasteiger partial charge is 0.260 e. The van der Waals surface area contributed by atoms with Crippen molar-refractivity contribution in [1.82, 2.24) is 0 Å². The number of carbonyl (C=O) groups excluding carboxylic acids is 1. The van der Waals surface area contributed by atoms with Gasteiger partial charge >= 0.3 is 0 Å². The molecule has 1 amide bonds. The van der Waals surface area contributed by atoms with Crippen molar-refractivity contribution in [3.05, 3.63) is 65.2 Å². The van der Waals surface area contributed by atoms with Crippen LogP contribution in [0.15, 0.2) is 48.5 Å². The van der Waals surface area contributed by atoms with E-state index in [9.17, 15) is 4.79 Å². The van der Waals surface area contributed by atoms with Crippen LogP contribution >= 0.6 is 0 Å². The summed E-state index contributed by atoms with van der Waals surface area (Å²) in [6.45, 7) is 0.131. The monoisotopic (exact) mass is 248 g/mol. The Balaban J connectivity index is 2.29. The number of para-hydroxylation sites is 1. The average Bonchev–Trinajstić information content (AvgIpc) is 2.46. The highest BCUT2D eigenvalue weighted by molar-refractivity contribution is 6.08. The van der Waals surface area contributed by atoms with Gasteiger partial charge < -0.3 is 5.73 Å². The van der Waals surface area contributed by atoms with Crippen LogP contribution in [0.25, 0.3) is 0 Å². The molecule has 0 radical (unpaired) electrons. The van der Waals surface area contributed by atoms with Gasteiger partial charge in [0.05, 0.1) is 17.9 Å². The van der Waals surface area contributed by atoms with Crippen LogP contribution in [0.5, 0.6) is 0 Å². The van der Waals surface area contributed by atoms with E-state index in [0.717, 1.165) is 16.8 Å². The SMILES string of the molecule is NCN1C(=O)c2ccccc2C#Cc2ccccc21. The number of anilines is 1. The summed E-state index contributed by atoms with van der Waals surface area (Å²) in [5.41, 5.74) is 8.65. The zero-order valence-corrected chi connectivity index (χ0v) is 10.3. The van der Waals surface area contributed by atoms with Crippen molar-refractivity contribution in [2.75, 3.05) is 11.6 Å². The third-order valence-corrected chi connectivity index (χ3v) is 3.11. The van der Waals surface area contributed by atoms with Gasteiger partial charge in [-0.1, -0.05) is 36.1 Å². The van der Waals surface area contributed by atoms with E-state index in [0.29, 0.717) is 5.56 Å². The van der Waals surface area contributed by atoms with E-state index >= 15 is 0 Å². The van der Waals surface area contributed by atoms with Crippen molar-refractivity contribution in [2.24, 2.45) is 5.73 Å². The number of rotatable bonds is 1. The van der Waals surface area contributed by atoms with E-state index in [4.69, 9.17) is 5.73 Å². The van der Waals surface area contributed by atoms with Crippen LogP contribution < -0.4 is 10.6 Å². The molecular formula is C16H12N2O. The lowest BCUT2D eigenvalue weighted by molar-refractivity contribution is 0.0987. The van der Waals surface area contributed by atoms with Gasteiger partial charge in [0.25, 0.3) is 5.91 Å². The lowest BCUT2D eigenvalue weighted by atomic mass is 10.0. The maximum Gasteiger partial charge on any atom is 0.260 e. The molecule has 0 saturated heterocycles. The van der Waals surface area contributed by atoms with Crippen LogP contribution in [0.1, 0.15) is 21.5 Å². The van der Waals surface area contributed by atoms with Gasteiger partial charge in [0, 0.05) is 11.1 Å². The van der Waals surface area contributed by atoms with Crippen LogP contribution in [-0.4, -0.2) is 12.6 Å². The Labute approximate surface area is 111 Å². The van der Waals surface area contributed by atoms with Crippen LogP contribution in [0.3, 0.4) is 0 Å². The molecule has 0 spiro atoms. The van der Waals surface area contributed by atoms with E-state index in [-0.39, 0.29) is 12.6 Å². The summed E-state index contributed by atoms with van der Waals surface area (Å²) < 4.78 is 0. The molecule has 0 unspecified atom stereocenters. The van der Waals surface area contributed by atoms with Crippen molar-refractivity contribution < 1.29 is 4.79 Å². The molecule has 0 aliphatic carbocycles. The van der Waals surface area contributed by atoms with Crippen LogP contribution in [0, 0.1) is 11.8 Å². The largest absolute Gasteiger partial charge is 0.313 e. The van der Waals surface area contributed by atoms with E-state index < -0.39 is 0 Å². The lowest BCUT2D eigenvalue weighted by Gasteiger charge is -2.23. The van der Waals surface area contributed by atoms with E-state index in [2.05, 4.69) is 11.8 Å². The minimum Gasteiger partial charge on any atom is -0.313 e. The maximum absolute atomic E-state index is 12.6. The van der Waals surface area contributed by atoms with Crippen molar-refractivity contribution in [1.29, 1.82) is 0 Å². The van der Waals surface area contributed by atoms with Gasteiger partial charge in [-0.3, -0.25) is 9.69 Å². The van der Waals surface area contributed by atoms with Gasteiger partial charge in [0.1, 0.15) is 0 Å². The maximum atomic E-state index is 12.6. The van der Waals surface area contributed by atoms with Gasteiger partial charge in [0.15, 0.2) is 0 Å². The Morgan fingerprint density at radius 3 is 2.37 bits per heavy atom. The first-order chi connectivity index (χ1) is 9.31. The van der Waals surface area contributed by atoms with Crippen LogP contribution in [0.4, 0.5) is 5.69 Å². The zero-order valence-electron chi connectivity index (χ0n) is 10.3. The topological polar surface area (TPSA) is 46.3 Å². The fourth-order valence-corrected chi connectivity index (χ4v) is 2.16. The average molecular weight is 248 g/mol. The molecule has 0 atom stereocenters. The number of hydrogen-bond donors (Lipinski definition) is 1. The Bertz CT molecular complexity index is 710. The number of amides is 1. The summed E-state index contributed by atoms with van der Waals surface area (Å²) >= 11 is 0. The van der Waals surface area contributed by atoms with E-state index in [1.54, 1.807) is 11.0 Å². The summed E-state index contributed by atoms with van der Waals surface area (Å²) in [5, 5.41) is 0. The highest BCUT2D eigenvalue weighted by atomic mass is 16.2. The number of fused-ring (bicyclic) bond motifs is 2. The van der Waals surface area contributed by atoms with Gasteiger partial charge in [0.2, 0.25) is 0 Å². The Kier molecular flexibility index (Phi) is 2.79. The third kappa shape index (κ3) is 1.88. The molecule has 3 nitrogen and oxygen atoms in total. The summed E-state index contributed by atoms with van der Waals surface area (Å²) in [6, 6.07) is 14.9. The van der Waals surface area contributed by atoms with Crippen LogP contribution in [-0.2, 0) is 0 Å². The molecule has 0 aromatic heterocycles. The number of nitrogens with zero attached hydrogens (tertiary/aromatic N) is 1. The zero-order chi connectivity index (χ0) is 13.2. The first-order valence-corrected chi connectivity index (χ1v) is 6.03. The molecule has 0 saturated carbocycles. The second-order valence-electron chi connectivity index (χ2n) is 4.23. The number of nitrogens with two attached hydrogens (primary N) is 1. The van der Waals surface area contributed by atoms with Crippen molar-refractivity contribution in [2.45, 2.75) is 0 Å². The third-order valence-electron chi connectivity index (χ3n) is 3.11. The second kappa shape index (κ2) is 4.60. The summed E-state index contributed by atoms with van der Waals surface area (Å²) in [5.74, 6) is 6.05. The molecule has 1 aliphatic heterocycles. The molecule has 2 aromatic carbocycles. The highest BCUT2D eigenvalue weighted by Gasteiger charge is 2.21. The van der Waals surface area contributed by atoms with Gasteiger partial charge in [-0.25, -0.2) is 0 Å². The molecule has 0 bridgehead atoms.